The average molecular weight is 402 g/mol. The van der Waals surface area contributed by atoms with Crippen molar-refractivity contribution in [2.75, 3.05) is 0 Å². The smallest absolute Gasteiger partial charge is 0.296 e. The molecule has 152 valence electrons. The number of halogens is 2. The number of amides is 1. The molecule has 3 aromatic rings. The molecule has 2 aromatic carbocycles. The van der Waals surface area contributed by atoms with Gasteiger partial charge in [-0.2, -0.15) is 0 Å². The highest BCUT2D eigenvalue weighted by Crippen LogP contribution is 2.07. The molecule has 0 saturated heterocycles. The van der Waals surface area contributed by atoms with Crippen LogP contribution in [0, 0.1) is 11.6 Å². The van der Waals surface area contributed by atoms with Gasteiger partial charge in [0.25, 0.3) is 11.5 Å². The second-order valence-corrected chi connectivity index (χ2v) is 6.00. The number of nitrogens with one attached hydrogen (secondary N) is 1. The Balaban J connectivity index is 0.000000278. The molecule has 7 nitrogen and oxygen atoms in total. The lowest BCUT2D eigenvalue weighted by Crippen LogP contribution is -2.27. The molecule has 9 heteroatoms. The van der Waals surface area contributed by atoms with Crippen molar-refractivity contribution in [1.82, 2.24) is 14.9 Å². The van der Waals surface area contributed by atoms with Crippen LogP contribution in [0.3, 0.4) is 0 Å². The Bertz CT molecular complexity index is 1020. The number of nitrogens with two attached hydrogens (primary N) is 1. The Morgan fingerprint density at radius 1 is 1.07 bits per heavy atom. The van der Waals surface area contributed by atoms with Gasteiger partial charge in [0.15, 0.2) is 5.69 Å². The standard InChI is InChI=1S/C13H12FN3O3.C7H8FN/c1-17-7-16-10(11(18)13(17)20)12(19)15-6-8-2-4-9(14)5-3-8;8-7-3-1-6(5-9)2-4-7/h2-5,7,18H,6H2,1H3,(H,15,19);1-4H,5,9H2. The maximum absolute atomic E-state index is 12.7. The number of carbonyl (C=O) groups is 1. The summed E-state index contributed by atoms with van der Waals surface area (Å²) in [7, 11) is 1.41. The lowest BCUT2D eigenvalue weighted by molar-refractivity contribution is 0.0942. The molecule has 0 bridgehead atoms. The molecule has 0 saturated carbocycles. The van der Waals surface area contributed by atoms with Crippen LogP contribution in [0.4, 0.5) is 8.78 Å². The van der Waals surface area contributed by atoms with Gasteiger partial charge in [0, 0.05) is 20.1 Å². The van der Waals surface area contributed by atoms with Gasteiger partial charge < -0.3 is 16.2 Å². The summed E-state index contributed by atoms with van der Waals surface area (Å²) in [6.07, 6.45) is 1.15. The van der Waals surface area contributed by atoms with E-state index in [0.717, 1.165) is 16.5 Å². The van der Waals surface area contributed by atoms with Gasteiger partial charge in [-0.1, -0.05) is 24.3 Å². The van der Waals surface area contributed by atoms with Crippen LogP contribution in [0.1, 0.15) is 21.6 Å². The summed E-state index contributed by atoms with van der Waals surface area (Å²) in [5.74, 6) is -1.96. The van der Waals surface area contributed by atoms with Crippen LogP contribution in [0.2, 0.25) is 0 Å². The third-order valence-electron chi connectivity index (χ3n) is 3.84. The van der Waals surface area contributed by atoms with Crippen LogP contribution in [0.25, 0.3) is 0 Å². The van der Waals surface area contributed by atoms with E-state index >= 15 is 0 Å². The quantitative estimate of drug-likeness (QED) is 0.617. The maximum Gasteiger partial charge on any atom is 0.296 e. The summed E-state index contributed by atoms with van der Waals surface area (Å²) < 4.78 is 26.0. The zero-order chi connectivity index (χ0) is 21.4. The number of benzene rings is 2. The van der Waals surface area contributed by atoms with E-state index in [1.165, 1.54) is 43.4 Å². The fourth-order valence-corrected chi connectivity index (χ4v) is 2.18. The van der Waals surface area contributed by atoms with Crippen molar-refractivity contribution >= 4 is 5.91 Å². The van der Waals surface area contributed by atoms with Crippen molar-refractivity contribution in [1.29, 1.82) is 0 Å². The number of nitrogens with zero attached hydrogens (tertiary/aromatic N) is 2. The van der Waals surface area contributed by atoms with Gasteiger partial charge in [0.05, 0.1) is 6.33 Å². The molecule has 1 amide bonds. The Labute approximate surface area is 165 Å². The van der Waals surface area contributed by atoms with Crippen molar-refractivity contribution < 1.29 is 18.7 Å². The number of aromatic hydroxyl groups is 1. The maximum atomic E-state index is 12.7. The molecule has 1 aromatic heterocycles. The molecule has 0 unspecified atom stereocenters. The second kappa shape index (κ2) is 10.1. The molecule has 3 rings (SSSR count). The minimum Gasteiger partial charge on any atom is -0.501 e. The molecule has 0 aliphatic heterocycles. The minimum atomic E-state index is -0.702. The third-order valence-corrected chi connectivity index (χ3v) is 3.84. The molecule has 1 heterocycles. The summed E-state index contributed by atoms with van der Waals surface area (Å²) >= 11 is 0. The summed E-state index contributed by atoms with van der Waals surface area (Å²) in [6.45, 7) is 0.607. The fraction of sp³-hybridized carbons (Fsp3) is 0.150. The number of hydrogen-bond donors (Lipinski definition) is 3. The molecule has 29 heavy (non-hydrogen) atoms. The largest absolute Gasteiger partial charge is 0.501 e. The van der Waals surface area contributed by atoms with Gasteiger partial charge in [-0.15, -0.1) is 0 Å². The summed E-state index contributed by atoms with van der Waals surface area (Å²) in [5, 5.41) is 12.1. The van der Waals surface area contributed by atoms with Crippen molar-refractivity contribution in [2.45, 2.75) is 13.1 Å². The highest BCUT2D eigenvalue weighted by molar-refractivity contribution is 5.94. The van der Waals surface area contributed by atoms with Gasteiger partial charge >= 0.3 is 0 Å². The van der Waals surface area contributed by atoms with Crippen LogP contribution in [-0.4, -0.2) is 20.6 Å². The number of rotatable bonds is 4. The number of hydrogen-bond acceptors (Lipinski definition) is 5. The molecular formula is C20H20F2N4O3. The first-order valence-electron chi connectivity index (χ1n) is 8.53. The summed E-state index contributed by atoms with van der Waals surface area (Å²) in [4.78, 5) is 27.0. The van der Waals surface area contributed by atoms with Crippen LogP contribution in [0.15, 0.2) is 59.7 Å². The van der Waals surface area contributed by atoms with Crippen molar-refractivity contribution in [3.63, 3.8) is 0 Å². The Morgan fingerprint density at radius 3 is 2.10 bits per heavy atom. The van der Waals surface area contributed by atoms with Crippen LogP contribution in [0.5, 0.6) is 5.75 Å². The lowest BCUT2D eigenvalue weighted by Gasteiger charge is -2.06. The zero-order valence-corrected chi connectivity index (χ0v) is 15.6. The van der Waals surface area contributed by atoms with Crippen LogP contribution >= 0.6 is 0 Å². The molecular weight excluding hydrogens is 382 g/mol. The Hall–Kier alpha value is -3.59. The number of aryl methyl sites for hydroxylation is 1. The van der Waals surface area contributed by atoms with Crippen molar-refractivity contribution in [2.24, 2.45) is 12.8 Å². The first kappa shape index (κ1) is 21.7. The molecule has 0 radical (unpaired) electrons. The van der Waals surface area contributed by atoms with E-state index in [9.17, 15) is 23.5 Å². The Morgan fingerprint density at radius 2 is 1.59 bits per heavy atom. The van der Waals surface area contributed by atoms with E-state index in [4.69, 9.17) is 5.73 Å². The molecule has 0 atom stereocenters. The first-order chi connectivity index (χ1) is 13.8. The molecule has 0 spiro atoms. The molecule has 0 aliphatic rings. The lowest BCUT2D eigenvalue weighted by atomic mass is 10.2. The number of carbonyl (C=O) groups excluding carboxylic acids is 1. The van der Waals surface area contributed by atoms with Crippen LogP contribution < -0.4 is 16.6 Å². The monoisotopic (exact) mass is 402 g/mol. The van der Waals surface area contributed by atoms with E-state index in [1.54, 1.807) is 12.1 Å². The van der Waals surface area contributed by atoms with Crippen molar-refractivity contribution in [3.8, 4) is 5.75 Å². The second-order valence-electron chi connectivity index (χ2n) is 6.00. The van der Waals surface area contributed by atoms with E-state index in [2.05, 4.69) is 10.3 Å². The fourth-order valence-electron chi connectivity index (χ4n) is 2.18. The molecule has 0 aliphatic carbocycles. The van der Waals surface area contributed by atoms with E-state index < -0.39 is 17.2 Å². The van der Waals surface area contributed by atoms with Gasteiger partial charge in [0.1, 0.15) is 11.6 Å². The van der Waals surface area contributed by atoms with E-state index in [0.29, 0.717) is 12.1 Å². The summed E-state index contributed by atoms with van der Waals surface area (Å²) in [5.41, 5.74) is 5.88. The van der Waals surface area contributed by atoms with Gasteiger partial charge in [-0.05, 0) is 35.4 Å². The Kier molecular flexibility index (Phi) is 7.55. The van der Waals surface area contributed by atoms with Gasteiger partial charge in [-0.25, -0.2) is 13.8 Å². The average Bonchev–Trinajstić information content (AvgIpc) is 2.72. The predicted molar refractivity (Wildman–Crippen MR) is 103 cm³/mol. The van der Waals surface area contributed by atoms with Crippen LogP contribution in [-0.2, 0) is 20.1 Å². The third kappa shape index (κ3) is 6.22. The zero-order valence-electron chi connectivity index (χ0n) is 15.6. The predicted octanol–water partition coefficient (Wildman–Crippen LogP) is 1.84. The SMILES string of the molecule is Cn1cnc(C(=O)NCc2ccc(F)cc2)c(O)c1=O.NCc1ccc(F)cc1. The first-order valence-corrected chi connectivity index (χ1v) is 8.53. The normalized spacial score (nSPS) is 10.1. The highest BCUT2D eigenvalue weighted by Gasteiger charge is 2.16. The minimum absolute atomic E-state index is 0.134. The van der Waals surface area contributed by atoms with Gasteiger partial charge in [-0.3, -0.25) is 14.2 Å². The highest BCUT2D eigenvalue weighted by atomic mass is 19.1. The van der Waals surface area contributed by atoms with Gasteiger partial charge in [0.2, 0.25) is 5.75 Å². The summed E-state index contributed by atoms with van der Waals surface area (Å²) in [6, 6.07) is 11.7. The molecule has 4 N–H and O–H groups in total. The molecule has 0 fully saturated rings. The topological polar surface area (TPSA) is 110 Å². The number of aromatic nitrogens is 2. The van der Waals surface area contributed by atoms with E-state index in [1.807, 2.05) is 0 Å². The van der Waals surface area contributed by atoms with Crippen molar-refractivity contribution in [3.05, 3.63) is 93.7 Å². The van der Waals surface area contributed by atoms with E-state index in [-0.39, 0.29) is 23.9 Å².